The fraction of sp³-hybridized carbons (Fsp3) is 1.00. The van der Waals surface area contributed by atoms with Gasteiger partial charge in [-0.15, -0.1) is 0 Å². The van der Waals surface area contributed by atoms with Crippen LogP contribution in [0.2, 0.25) is 6.04 Å². The third kappa shape index (κ3) is 6.53. The smallest absolute Gasteiger partial charge is 0.0585 e. The highest BCUT2D eigenvalue weighted by atomic mass is 32.2. The van der Waals surface area contributed by atoms with Gasteiger partial charge in [0.1, 0.15) is 0 Å². The second-order valence-electron chi connectivity index (χ2n) is 1.58. The van der Waals surface area contributed by atoms with Gasteiger partial charge in [0.15, 0.2) is 0 Å². The van der Waals surface area contributed by atoms with Gasteiger partial charge in [-0.2, -0.15) is 0 Å². The third-order valence-corrected chi connectivity index (χ3v) is 2.35. The predicted molar refractivity (Wildman–Crippen MR) is 43.4 cm³/mol. The molecule has 0 atom stereocenters. The Morgan fingerprint density at radius 2 is 2.38 bits per heavy atom. The summed E-state index contributed by atoms with van der Waals surface area (Å²) in [6.07, 6.45) is 1.33. The van der Waals surface area contributed by atoms with Crippen LogP contribution in [0.5, 0.6) is 0 Å². The van der Waals surface area contributed by atoms with Gasteiger partial charge in [-0.05, 0) is 25.4 Å². The largest absolute Gasteiger partial charge is 0.316 e. The summed E-state index contributed by atoms with van der Waals surface area (Å²) in [4.78, 5) is 0. The Morgan fingerprint density at radius 1 is 1.62 bits per heavy atom. The molecule has 0 aromatic carbocycles. The minimum atomic E-state index is 0.839. The lowest BCUT2D eigenvalue weighted by molar-refractivity contribution is 0.401. The molecule has 0 spiro atoms. The second-order valence-corrected chi connectivity index (χ2v) is 3.46. The number of hydrogen-bond acceptors (Lipinski definition) is 2. The van der Waals surface area contributed by atoms with E-state index in [1.54, 1.807) is 12.0 Å². The molecule has 8 heavy (non-hydrogen) atoms. The van der Waals surface area contributed by atoms with Crippen LogP contribution in [0, 0.1) is 0 Å². The highest BCUT2D eigenvalue weighted by Gasteiger charge is 1.83. The molecular weight excluding hydrogens is 136 g/mol. The van der Waals surface area contributed by atoms with Gasteiger partial charge in [0, 0.05) is 16.0 Å². The zero-order chi connectivity index (χ0) is 6.24. The molecular formula is C5H14OSSi. The Kier molecular flexibility index (Phi) is 8.02. The van der Waals surface area contributed by atoms with E-state index in [1.165, 1.54) is 28.5 Å². The normalized spacial score (nSPS) is 10.1. The first-order valence-electron chi connectivity index (χ1n) is 3.16. The van der Waals surface area contributed by atoms with Crippen LogP contribution in [0.1, 0.15) is 13.3 Å². The topological polar surface area (TPSA) is 9.23 Å². The van der Waals surface area contributed by atoms with Crippen LogP contribution in [0.25, 0.3) is 0 Å². The first kappa shape index (κ1) is 8.53. The molecule has 0 aliphatic rings. The van der Waals surface area contributed by atoms with E-state index in [1.807, 2.05) is 6.92 Å². The van der Waals surface area contributed by atoms with Gasteiger partial charge < -0.3 is 4.18 Å². The summed E-state index contributed by atoms with van der Waals surface area (Å²) in [5.74, 6) is 1.18. The summed E-state index contributed by atoms with van der Waals surface area (Å²) in [5.41, 5.74) is 0. The zero-order valence-corrected chi connectivity index (χ0v) is 8.46. The van der Waals surface area contributed by atoms with Gasteiger partial charge in [-0.25, -0.2) is 0 Å². The molecule has 0 fully saturated rings. The fourth-order valence-electron chi connectivity index (χ4n) is 0.346. The molecule has 0 unspecified atom stereocenters. The quantitative estimate of drug-likeness (QED) is 0.326. The third-order valence-electron chi connectivity index (χ3n) is 0.782. The van der Waals surface area contributed by atoms with Crippen molar-refractivity contribution in [3.05, 3.63) is 0 Å². The highest BCUT2D eigenvalue weighted by Crippen LogP contribution is 2.04. The van der Waals surface area contributed by atoms with Gasteiger partial charge in [0.25, 0.3) is 0 Å². The molecule has 0 bridgehead atoms. The maximum Gasteiger partial charge on any atom is 0.0585 e. The molecule has 0 aromatic rings. The molecule has 0 aliphatic carbocycles. The van der Waals surface area contributed by atoms with Gasteiger partial charge in [-0.3, -0.25) is 0 Å². The molecule has 0 rings (SSSR count). The van der Waals surface area contributed by atoms with Crippen molar-refractivity contribution in [2.24, 2.45) is 0 Å². The van der Waals surface area contributed by atoms with Crippen LogP contribution in [0.4, 0.5) is 0 Å². The maximum atomic E-state index is 5.07. The lowest BCUT2D eigenvalue weighted by atomic mass is 10.6. The Bertz CT molecular complexity index is 37.4. The molecule has 0 saturated carbocycles. The molecule has 3 heteroatoms. The standard InChI is InChI=1S/C5H14OSSi/c1-2-6-7-4-3-5-8/h2-5H2,1,8H3. The molecule has 50 valence electrons. The summed E-state index contributed by atoms with van der Waals surface area (Å²) in [6, 6.07) is 1.40. The average molecular weight is 150 g/mol. The van der Waals surface area contributed by atoms with Crippen molar-refractivity contribution in [3.8, 4) is 0 Å². The average Bonchev–Trinajstić information content (AvgIpc) is 1.81. The Morgan fingerprint density at radius 3 is 2.88 bits per heavy atom. The van der Waals surface area contributed by atoms with E-state index < -0.39 is 0 Å². The van der Waals surface area contributed by atoms with Crippen molar-refractivity contribution >= 4 is 22.3 Å². The molecule has 0 amide bonds. The molecule has 0 N–H and O–H groups in total. The highest BCUT2D eigenvalue weighted by molar-refractivity contribution is 7.94. The van der Waals surface area contributed by atoms with Crippen molar-refractivity contribution < 1.29 is 4.18 Å². The van der Waals surface area contributed by atoms with E-state index in [0.717, 1.165) is 6.61 Å². The van der Waals surface area contributed by atoms with Gasteiger partial charge >= 0.3 is 0 Å². The van der Waals surface area contributed by atoms with Crippen molar-refractivity contribution in [1.82, 2.24) is 0 Å². The van der Waals surface area contributed by atoms with Crippen LogP contribution in [0.3, 0.4) is 0 Å². The van der Waals surface area contributed by atoms with Crippen molar-refractivity contribution in [2.75, 3.05) is 12.4 Å². The summed E-state index contributed by atoms with van der Waals surface area (Å²) < 4.78 is 5.07. The Hall–Kier alpha value is 0.527. The first-order chi connectivity index (χ1) is 3.91. The van der Waals surface area contributed by atoms with Crippen LogP contribution >= 0.6 is 12.0 Å². The van der Waals surface area contributed by atoms with E-state index in [0.29, 0.717) is 0 Å². The van der Waals surface area contributed by atoms with Crippen LogP contribution in [-0.2, 0) is 4.18 Å². The number of rotatable bonds is 5. The predicted octanol–water partition coefficient (Wildman–Crippen LogP) is 0.845. The lowest BCUT2D eigenvalue weighted by Gasteiger charge is -1.95. The van der Waals surface area contributed by atoms with E-state index in [-0.39, 0.29) is 0 Å². The summed E-state index contributed by atoms with van der Waals surface area (Å²) in [6.45, 7) is 2.86. The first-order valence-corrected chi connectivity index (χ1v) is 5.48. The Balaban J connectivity index is 2.53. The molecule has 1 nitrogen and oxygen atoms in total. The van der Waals surface area contributed by atoms with Crippen molar-refractivity contribution in [2.45, 2.75) is 19.4 Å². The summed E-state index contributed by atoms with van der Waals surface area (Å²) in [5, 5.41) is 0. The maximum absolute atomic E-state index is 5.07. The number of hydrogen-bond donors (Lipinski definition) is 0. The van der Waals surface area contributed by atoms with Crippen LogP contribution < -0.4 is 0 Å². The zero-order valence-electron chi connectivity index (χ0n) is 5.64. The van der Waals surface area contributed by atoms with E-state index in [4.69, 9.17) is 4.18 Å². The van der Waals surface area contributed by atoms with Crippen molar-refractivity contribution in [3.63, 3.8) is 0 Å². The van der Waals surface area contributed by atoms with Crippen LogP contribution in [-0.4, -0.2) is 22.6 Å². The monoisotopic (exact) mass is 150 g/mol. The minimum Gasteiger partial charge on any atom is -0.316 e. The molecule has 0 aromatic heterocycles. The van der Waals surface area contributed by atoms with Crippen LogP contribution in [0.15, 0.2) is 0 Å². The Labute approximate surface area is 58.8 Å². The van der Waals surface area contributed by atoms with E-state index >= 15 is 0 Å². The second kappa shape index (κ2) is 7.53. The fourth-order valence-corrected chi connectivity index (χ4v) is 1.90. The molecule has 0 aliphatic heterocycles. The van der Waals surface area contributed by atoms with E-state index in [9.17, 15) is 0 Å². The lowest BCUT2D eigenvalue weighted by Crippen LogP contribution is -1.81. The minimum absolute atomic E-state index is 0.839. The van der Waals surface area contributed by atoms with E-state index in [2.05, 4.69) is 0 Å². The van der Waals surface area contributed by atoms with Gasteiger partial charge in [-0.1, -0.05) is 6.04 Å². The SMILES string of the molecule is CCOSCCC[SiH3]. The summed E-state index contributed by atoms with van der Waals surface area (Å²) >= 11 is 1.60. The molecule has 0 radical (unpaired) electrons. The van der Waals surface area contributed by atoms with Gasteiger partial charge in [0.05, 0.1) is 6.61 Å². The molecule has 0 heterocycles. The van der Waals surface area contributed by atoms with Gasteiger partial charge in [0.2, 0.25) is 0 Å². The molecule has 0 saturated heterocycles. The van der Waals surface area contributed by atoms with Crippen molar-refractivity contribution in [1.29, 1.82) is 0 Å². The summed E-state index contributed by atoms with van der Waals surface area (Å²) in [7, 11) is 1.34.